The molecule has 5 nitrogen and oxygen atoms in total. The topological polar surface area (TPSA) is 68.0 Å². The number of nitrogens with zero attached hydrogens (tertiary/aromatic N) is 3. The Morgan fingerprint density at radius 2 is 1.97 bits per heavy atom. The molecule has 0 aliphatic heterocycles. The minimum absolute atomic E-state index is 0.625. The lowest BCUT2D eigenvalue weighted by Crippen LogP contribution is -2.11. The van der Waals surface area contributed by atoms with Gasteiger partial charge in [0.05, 0.1) is 11.9 Å². The Hall–Kier alpha value is -2.95. The Bertz CT molecular complexity index is 1030. The number of hydrogen-bond acceptors (Lipinski definition) is 3. The first kappa shape index (κ1) is 19.4. The van der Waals surface area contributed by atoms with Gasteiger partial charge in [-0.3, -0.25) is 0 Å². The van der Waals surface area contributed by atoms with Gasteiger partial charge >= 0.3 is 5.97 Å². The van der Waals surface area contributed by atoms with Gasteiger partial charge < -0.3 is 5.11 Å². The fourth-order valence-electron chi connectivity index (χ4n) is 4.45. The van der Waals surface area contributed by atoms with Crippen molar-refractivity contribution < 1.29 is 9.90 Å². The molecule has 2 heterocycles. The minimum Gasteiger partial charge on any atom is -0.478 e. The highest BCUT2D eigenvalue weighted by atomic mass is 16.4. The first-order valence-electron chi connectivity index (χ1n) is 10.5. The average Bonchev–Trinajstić information content (AvgIpc) is 3.17. The molecule has 1 fully saturated rings. The second-order valence-electron chi connectivity index (χ2n) is 7.80. The smallest absolute Gasteiger partial charge is 0.328 e. The zero-order valence-corrected chi connectivity index (χ0v) is 16.8. The number of carbonyl (C=O) groups is 1. The van der Waals surface area contributed by atoms with Gasteiger partial charge in [0.15, 0.2) is 5.65 Å². The Labute approximate surface area is 171 Å². The van der Waals surface area contributed by atoms with E-state index in [1.807, 2.05) is 41.2 Å². The second-order valence-corrected chi connectivity index (χ2v) is 7.80. The van der Waals surface area contributed by atoms with Crippen LogP contribution >= 0.6 is 0 Å². The lowest BCUT2D eigenvalue weighted by atomic mass is 9.82. The van der Waals surface area contributed by atoms with Gasteiger partial charge in [0.1, 0.15) is 0 Å². The van der Waals surface area contributed by atoms with Crippen LogP contribution in [0, 0.1) is 5.92 Å². The Morgan fingerprint density at radius 3 is 2.66 bits per heavy atom. The van der Waals surface area contributed by atoms with Gasteiger partial charge in [0.2, 0.25) is 0 Å². The lowest BCUT2D eigenvalue weighted by Gasteiger charge is -2.23. The first-order chi connectivity index (χ1) is 14.2. The van der Waals surface area contributed by atoms with Crippen molar-refractivity contribution >= 4 is 23.1 Å². The zero-order chi connectivity index (χ0) is 20.2. The Kier molecular flexibility index (Phi) is 5.74. The second kappa shape index (κ2) is 8.60. The van der Waals surface area contributed by atoms with Crippen molar-refractivity contribution in [2.45, 2.75) is 52.0 Å². The number of pyridine rings is 1. The molecule has 1 aliphatic carbocycles. The molecule has 1 aliphatic rings. The van der Waals surface area contributed by atoms with E-state index < -0.39 is 5.97 Å². The fourth-order valence-corrected chi connectivity index (χ4v) is 4.45. The SMILES string of the molecule is CCn1ncc2c(CC3CCCCC3)c(C=CC(=O)O)c(-c3ccccc3)nc21. The van der Waals surface area contributed by atoms with E-state index in [-0.39, 0.29) is 0 Å². The number of carboxylic acids is 1. The van der Waals surface area contributed by atoms with Crippen molar-refractivity contribution in [2.75, 3.05) is 0 Å². The van der Waals surface area contributed by atoms with Crippen molar-refractivity contribution in [3.63, 3.8) is 0 Å². The molecule has 3 aromatic rings. The van der Waals surface area contributed by atoms with Gasteiger partial charge in [-0.2, -0.15) is 5.10 Å². The van der Waals surface area contributed by atoms with Crippen molar-refractivity contribution in [3.8, 4) is 11.3 Å². The summed E-state index contributed by atoms with van der Waals surface area (Å²) >= 11 is 0. The molecule has 1 aromatic carbocycles. The van der Waals surface area contributed by atoms with Crippen LogP contribution in [0.15, 0.2) is 42.6 Å². The van der Waals surface area contributed by atoms with Crippen LogP contribution in [0.5, 0.6) is 0 Å². The molecule has 0 unspecified atom stereocenters. The van der Waals surface area contributed by atoms with Crippen molar-refractivity contribution in [2.24, 2.45) is 5.92 Å². The maximum absolute atomic E-state index is 11.3. The number of benzene rings is 1. The van der Waals surface area contributed by atoms with E-state index in [9.17, 15) is 9.90 Å². The molecular weight excluding hydrogens is 362 g/mol. The minimum atomic E-state index is -0.947. The van der Waals surface area contributed by atoms with Crippen LogP contribution < -0.4 is 0 Å². The summed E-state index contributed by atoms with van der Waals surface area (Å²) in [5.41, 5.74) is 4.79. The third kappa shape index (κ3) is 4.09. The molecule has 1 N–H and O–H groups in total. The van der Waals surface area contributed by atoms with E-state index in [0.29, 0.717) is 5.92 Å². The van der Waals surface area contributed by atoms with Gasteiger partial charge in [-0.25, -0.2) is 14.5 Å². The summed E-state index contributed by atoms with van der Waals surface area (Å²) in [6, 6.07) is 10.0. The molecule has 0 bridgehead atoms. The van der Waals surface area contributed by atoms with E-state index >= 15 is 0 Å². The number of aryl methyl sites for hydroxylation is 1. The maximum Gasteiger partial charge on any atom is 0.328 e. The number of hydrogen-bond donors (Lipinski definition) is 1. The molecule has 0 amide bonds. The summed E-state index contributed by atoms with van der Waals surface area (Å²) in [5, 5.41) is 14.9. The van der Waals surface area contributed by atoms with E-state index in [1.165, 1.54) is 43.7 Å². The maximum atomic E-state index is 11.3. The molecular formula is C24H27N3O2. The number of fused-ring (bicyclic) bond motifs is 1. The van der Waals surface area contributed by atoms with Gasteiger partial charge in [0, 0.05) is 29.1 Å². The summed E-state index contributed by atoms with van der Waals surface area (Å²) in [6.45, 7) is 2.81. The van der Waals surface area contributed by atoms with Crippen LogP contribution in [-0.4, -0.2) is 25.8 Å². The standard InChI is InChI=1S/C24H27N3O2/c1-2-27-24-21(16-25-27)20(15-17-9-5-3-6-10-17)19(13-14-22(28)29)23(26-24)18-11-7-4-8-12-18/h4,7-8,11-14,16-17H,2-3,5-6,9-10,15H2,1H3,(H,28,29). The summed E-state index contributed by atoms with van der Waals surface area (Å²) in [4.78, 5) is 16.3. The van der Waals surface area contributed by atoms with Crippen LogP contribution in [0.3, 0.4) is 0 Å². The average molecular weight is 389 g/mol. The highest BCUT2D eigenvalue weighted by Crippen LogP contribution is 2.35. The third-order valence-corrected chi connectivity index (χ3v) is 5.89. The largest absolute Gasteiger partial charge is 0.478 e. The molecule has 0 spiro atoms. The third-order valence-electron chi connectivity index (χ3n) is 5.89. The molecule has 2 aromatic heterocycles. The van der Waals surface area contributed by atoms with Crippen molar-refractivity contribution in [1.82, 2.24) is 14.8 Å². The molecule has 29 heavy (non-hydrogen) atoms. The molecule has 0 radical (unpaired) electrons. The Morgan fingerprint density at radius 1 is 1.21 bits per heavy atom. The van der Waals surface area contributed by atoms with Gasteiger partial charge in [-0.15, -0.1) is 0 Å². The highest BCUT2D eigenvalue weighted by molar-refractivity contribution is 5.93. The molecule has 5 heteroatoms. The predicted octanol–water partition coefficient (Wildman–Crippen LogP) is 5.34. The van der Waals surface area contributed by atoms with Crippen molar-refractivity contribution in [1.29, 1.82) is 0 Å². The lowest BCUT2D eigenvalue weighted by molar-refractivity contribution is -0.131. The van der Waals surface area contributed by atoms with Gasteiger partial charge in [-0.05, 0) is 30.9 Å². The highest BCUT2D eigenvalue weighted by Gasteiger charge is 2.22. The van der Waals surface area contributed by atoms with Crippen LogP contribution in [0.25, 0.3) is 28.4 Å². The summed E-state index contributed by atoms with van der Waals surface area (Å²) in [7, 11) is 0. The molecule has 0 saturated heterocycles. The summed E-state index contributed by atoms with van der Waals surface area (Å²) in [5.74, 6) is -0.322. The normalized spacial score (nSPS) is 15.3. The van der Waals surface area contributed by atoms with Crippen LogP contribution in [0.1, 0.15) is 50.2 Å². The number of aliphatic carboxylic acids is 1. The first-order valence-corrected chi connectivity index (χ1v) is 10.5. The summed E-state index contributed by atoms with van der Waals surface area (Å²) in [6.07, 6.45) is 12.1. The van der Waals surface area contributed by atoms with Crippen LogP contribution in [0.4, 0.5) is 0 Å². The summed E-state index contributed by atoms with van der Waals surface area (Å²) < 4.78 is 1.93. The van der Waals surface area contributed by atoms with Crippen LogP contribution in [0.2, 0.25) is 0 Å². The number of aromatic nitrogens is 3. The van der Waals surface area contributed by atoms with E-state index in [4.69, 9.17) is 4.98 Å². The van der Waals surface area contributed by atoms with E-state index in [2.05, 4.69) is 12.0 Å². The predicted molar refractivity (Wildman–Crippen MR) is 116 cm³/mol. The molecule has 150 valence electrons. The number of rotatable bonds is 6. The Balaban J connectivity index is 1.95. The molecule has 1 saturated carbocycles. The number of carboxylic acid groups (broad SMARTS) is 1. The molecule has 4 rings (SSSR count). The monoisotopic (exact) mass is 389 g/mol. The van der Waals surface area contributed by atoms with Crippen molar-refractivity contribution in [3.05, 3.63) is 53.7 Å². The quantitative estimate of drug-likeness (QED) is 0.578. The fraction of sp³-hybridized carbons (Fsp3) is 0.375. The molecule has 0 atom stereocenters. The van der Waals surface area contributed by atoms with Crippen LogP contribution in [-0.2, 0) is 17.8 Å². The van der Waals surface area contributed by atoms with Gasteiger partial charge in [-0.1, -0.05) is 62.4 Å². The van der Waals surface area contributed by atoms with E-state index in [1.54, 1.807) is 6.08 Å². The zero-order valence-electron chi connectivity index (χ0n) is 16.8. The van der Waals surface area contributed by atoms with Gasteiger partial charge in [0.25, 0.3) is 0 Å². The van der Waals surface area contributed by atoms with E-state index in [0.717, 1.165) is 40.8 Å².